The van der Waals surface area contributed by atoms with Crippen LogP contribution in [0.4, 0.5) is 13.2 Å². The van der Waals surface area contributed by atoms with Crippen molar-refractivity contribution < 1.29 is 26.4 Å². The maximum absolute atomic E-state index is 13.5. The van der Waals surface area contributed by atoms with Crippen molar-refractivity contribution in [3.63, 3.8) is 0 Å². The Morgan fingerprint density at radius 1 is 1.03 bits per heavy atom. The fourth-order valence-electron chi connectivity index (χ4n) is 3.58. The van der Waals surface area contributed by atoms with Gasteiger partial charge in [0.15, 0.2) is 5.82 Å². The number of rotatable bonds is 6. The maximum atomic E-state index is 13.5. The summed E-state index contributed by atoms with van der Waals surface area (Å²) in [6, 6.07) is 10.8. The minimum absolute atomic E-state index is 0.253. The quantitative estimate of drug-likeness (QED) is 0.530. The molecule has 0 aliphatic carbocycles. The number of aromatic nitrogens is 4. The van der Waals surface area contributed by atoms with Gasteiger partial charge in [0, 0.05) is 26.2 Å². The molecule has 174 valence electrons. The second kappa shape index (κ2) is 9.27. The van der Waals surface area contributed by atoms with E-state index in [1.807, 2.05) is 4.90 Å². The molecule has 1 fully saturated rings. The van der Waals surface area contributed by atoms with Gasteiger partial charge in [-0.15, -0.1) is 5.10 Å². The number of piperazine rings is 1. The van der Waals surface area contributed by atoms with Gasteiger partial charge in [-0.3, -0.25) is 9.69 Å². The summed E-state index contributed by atoms with van der Waals surface area (Å²) < 4.78 is 65.0. The molecular formula is C20H19F3N6O3S. The van der Waals surface area contributed by atoms with Gasteiger partial charge in [0.05, 0.1) is 22.7 Å². The smallest absolute Gasteiger partial charge is 0.336 e. The summed E-state index contributed by atoms with van der Waals surface area (Å²) in [6.45, 7) is 1.69. The molecule has 0 atom stereocenters. The molecule has 0 bridgehead atoms. The number of halogens is 3. The van der Waals surface area contributed by atoms with Crippen molar-refractivity contribution in [3.8, 4) is 5.69 Å². The number of alkyl halides is 2. The van der Waals surface area contributed by atoms with E-state index in [0.29, 0.717) is 31.1 Å². The van der Waals surface area contributed by atoms with Gasteiger partial charge in [-0.1, -0.05) is 18.2 Å². The first-order chi connectivity index (χ1) is 15.8. The van der Waals surface area contributed by atoms with E-state index in [1.54, 1.807) is 12.1 Å². The molecular weight excluding hydrogens is 461 g/mol. The summed E-state index contributed by atoms with van der Waals surface area (Å²) in [6.07, 6.45) is 0. The Hall–Kier alpha value is -3.32. The van der Waals surface area contributed by atoms with Crippen LogP contribution in [0.15, 0.2) is 53.4 Å². The van der Waals surface area contributed by atoms with Crippen molar-refractivity contribution in [2.24, 2.45) is 0 Å². The Morgan fingerprint density at radius 3 is 2.45 bits per heavy atom. The summed E-state index contributed by atoms with van der Waals surface area (Å²) in [5.41, 5.74) is 0.196. The highest BCUT2D eigenvalue weighted by Crippen LogP contribution is 2.24. The molecule has 13 heteroatoms. The standard InChI is InChI=1S/C20H19F3N6O3S/c21-14-4-3-5-15(12-14)29-18(24-25-26-29)13-27-8-10-28(11-9-27)19(30)16-6-1-2-7-17(16)33(31,32)20(22)23/h1-7,12,20H,8-11,13H2. The van der Waals surface area contributed by atoms with Crippen LogP contribution in [-0.4, -0.2) is 76.3 Å². The number of hydrogen-bond donors (Lipinski definition) is 0. The molecule has 9 nitrogen and oxygen atoms in total. The Morgan fingerprint density at radius 2 is 1.76 bits per heavy atom. The first-order valence-corrected chi connectivity index (χ1v) is 11.5. The van der Waals surface area contributed by atoms with Crippen molar-refractivity contribution in [1.82, 2.24) is 30.0 Å². The first kappa shape index (κ1) is 22.9. The Kier molecular flexibility index (Phi) is 6.42. The molecule has 1 aromatic heterocycles. The summed E-state index contributed by atoms with van der Waals surface area (Å²) >= 11 is 0. The number of nitrogens with zero attached hydrogens (tertiary/aromatic N) is 6. The summed E-state index contributed by atoms with van der Waals surface area (Å²) in [5.74, 6) is -4.18. The van der Waals surface area contributed by atoms with Gasteiger partial charge in [-0.2, -0.15) is 13.5 Å². The van der Waals surface area contributed by atoms with E-state index in [0.717, 1.165) is 6.07 Å². The zero-order chi connectivity index (χ0) is 23.6. The highest BCUT2D eigenvalue weighted by Gasteiger charge is 2.33. The number of carbonyl (C=O) groups is 1. The van der Waals surface area contributed by atoms with Gasteiger partial charge in [0.1, 0.15) is 5.82 Å². The van der Waals surface area contributed by atoms with Crippen LogP contribution in [0.25, 0.3) is 5.69 Å². The molecule has 0 unspecified atom stereocenters. The Labute approximate surface area is 187 Å². The van der Waals surface area contributed by atoms with Gasteiger partial charge < -0.3 is 4.90 Å². The lowest BCUT2D eigenvalue weighted by atomic mass is 10.2. The lowest BCUT2D eigenvalue weighted by Gasteiger charge is -2.34. The van der Waals surface area contributed by atoms with E-state index in [9.17, 15) is 26.4 Å². The average Bonchev–Trinajstić information content (AvgIpc) is 3.27. The first-order valence-electron chi connectivity index (χ1n) is 9.93. The van der Waals surface area contributed by atoms with Crippen molar-refractivity contribution in [3.05, 3.63) is 65.7 Å². The molecule has 2 aromatic carbocycles. The summed E-state index contributed by atoms with van der Waals surface area (Å²) in [4.78, 5) is 15.6. The van der Waals surface area contributed by atoms with E-state index in [4.69, 9.17) is 0 Å². The second-order valence-electron chi connectivity index (χ2n) is 7.36. The van der Waals surface area contributed by atoms with Crippen LogP contribution >= 0.6 is 0 Å². The molecule has 1 saturated heterocycles. The molecule has 0 spiro atoms. The lowest BCUT2D eigenvalue weighted by molar-refractivity contribution is 0.0620. The fourth-order valence-corrected chi connectivity index (χ4v) is 4.50. The molecule has 0 N–H and O–H groups in total. The topological polar surface area (TPSA) is 101 Å². The van der Waals surface area contributed by atoms with Crippen LogP contribution in [0.3, 0.4) is 0 Å². The van der Waals surface area contributed by atoms with Crippen molar-refractivity contribution in [2.75, 3.05) is 26.2 Å². The third kappa shape index (κ3) is 4.73. The van der Waals surface area contributed by atoms with Gasteiger partial charge in [-0.05, 0) is 40.8 Å². The van der Waals surface area contributed by atoms with Crippen molar-refractivity contribution in [2.45, 2.75) is 17.2 Å². The van der Waals surface area contributed by atoms with E-state index < -0.39 is 32.2 Å². The molecule has 1 amide bonds. The minimum Gasteiger partial charge on any atom is -0.336 e. The molecule has 1 aliphatic rings. The molecule has 0 saturated carbocycles. The van der Waals surface area contributed by atoms with Crippen molar-refractivity contribution in [1.29, 1.82) is 0 Å². The summed E-state index contributed by atoms with van der Waals surface area (Å²) in [7, 11) is -4.91. The number of amides is 1. The van der Waals surface area contributed by atoms with Gasteiger partial charge >= 0.3 is 5.76 Å². The molecule has 4 rings (SSSR count). The van der Waals surface area contributed by atoms with E-state index in [2.05, 4.69) is 15.5 Å². The van der Waals surface area contributed by atoms with Crippen LogP contribution in [0.2, 0.25) is 0 Å². The fraction of sp³-hybridized carbons (Fsp3) is 0.300. The lowest BCUT2D eigenvalue weighted by Crippen LogP contribution is -2.48. The van der Waals surface area contributed by atoms with Gasteiger partial charge in [0.2, 0.25) is 9.84 Å². The minimum atomic E-state index is -4.91. The Bertz CT molecular complexity index is 1260. The predicted octanol–water partition coefficient (Wildman–Crippen LogP) is 1.76. The molecule has 2 heterocycles. The number of tetrazole rings is 1. The largest absolute Gasteiger partial charge is 0.341 e. The molecule has 0 radical (unpaired) electrons. The number of carbonyl (C=O) groups excluding carboxylic acids is 1. The number of benzene rings is 2. The van der Waals surface area contributed by atoms with E-state index >= 15 is 0 Å². The average molecular weight is 480 g/mol. The number of sulfone groups is 1. The maximum Gasteiger partial charge on any atom is 0.341 e. The van der Waals surface area contributed by atoms with E-state index in [-0.39, 0.29) is 18.7 Å². The van der Waals surface area contributed by atoms with Crippen LogP contribution in [0.5, 0.6) is 0 Å². The van der Waals surface area contributed by atoms with Crippen LogP contribution < -0.4 is 0 Å². The third-order valence-corrected chi connectivity index (χ3v) is 6.71. The molecule has 33 heavy (non-hydrogen) atoms. The highest BCUT2D eigenvalue weighted by molar-refractivity contribution is 7.91. The van der Waals surface area contributed by atoms with Gasteiger partial charge in [-0.25, -0.2) is 12.8 Å². The van der Waals surface area contributed by atoms with Crippen LogP contribution in [0, 0.1) is 5.82 Å². The SMILES string of the molecule is O=C(c1ccccc1S(=O)(=O)C(F)F)N1CCN(Cc2nnnn2-c2cccc(F)c2)CC1. The third-order valence-electron chi connectivity index (χ3n) is 5.27. The Balaban J connectivity index is 1.44. The van der Waals surface area contributed by atoms with Gasteiger partial charge in [0.25, 0.3) is 5.91 Å². The van der Waals surface area contributed by atoms with Crippen molar-refractivity contribution >= 4 is 15.7 Å². The molecule has 1 aliphatic heterocycles. The zero-order valence-electron chi connectivity index (χ0n) is 17.2. The zero-order valence-corrected chi connectivity index (χ0v) is 18.0. The second-order valence-corrected chi connectivity index (χ2v) is 9.24. The summed E-state index contributed by atoms with van der Waals surface area (Å²) in [5, 5.41) is 11.5. The highest BCUT2D eigenvalue weighted by atomic mass is 32.2. The normalized spacial score (nSPS) is 15.2. The monoisotopic (exact) mass is 480 g/mol. The van der Waals surface area contributed by atoms with E-state index in [1.165, 1.54) is 39.9 Å². The van der Waals surface area contributed by atoms with Crippen LogP contribution in [0.1, 0.15) is 16.2 Å². The van der Waals surface area contributed by atoms with Crippen LogP contribution in [-0.2, 0) is 16.4 Å². The number of hydrogen-bond acceptors (Lipinski definition) is 7. The molecule has 3 aromatic rings. The predicted molar refractivity (Wildman–Crippen MR) is 110 cm³/mol.